The van der Waals surface area contributed by atoms with Gasteiger partial charge in [-0.1, -0.05) is 48.2 Å². The number of carbonyl (C=O) groups excluding carboxylic acids is 1. The molecule has 1 saturated heterocycles. The monoisotopic (exact) mass is 424 g/mol. The predicted octanol–water partition coefficient (Wildman–Crippen LogP) is 4.43. The van der Waals surface area contributed by atoms with E-state index >= 15 is 0 Å². The van der Waals surface area contributed by atoms with Crippen LogP contribution in [0.5, 0.6) is 5.75 Å². The SMILES string of the molecule is C[C@H]1CCC[C@H](C)N1C(=O)CSc1nnc(COc2cccc3ccccc23)n1C. The Balaban J connectivity index is 1.38. The predicted molar refractivity (Wildman–Crippen MR) is 120 cm³/mol. The molecule has 3 aromatic rings. The molecule has 1 aromatic heterocycles. The Hall–Kier alpha value is -2.54. The fourth-order valence-electron chi connectivity index (χ4n) is 4.17. The fourth-order valence-corrected chi connectivity index (χ4v) is 4.97. The van der Waals surface area contributed by atoms with E-state index in [2.05, 4.69) is 42.2 Å². The molecular formula is C23H28N4O2S. The van der Waals surface area contributed by atoms with Crippen LogP contribution in [0.3, 0.4) is 0 Å². The normalized spacial score (nSPS) is 19.2. The first kappa shape index (κ1) is 20.7. The van der Waals surface area contributed by atoms with Crippen LogP contribution in [0.4, 0.5) is 0 Å². The number of amides is 1. The van der Waals surface area contributed by atoms with Crippen molar-refractivity contribution in [3.05, 3.63) is 48.3 Å². The van der Waals surface area contributed by atoms with Crippen molar-refractivity contribution in [2.45, 2.75) is 57.0 Å². The zero-order chi connectivity index (χ0) is 21.1. The van der Waals surface area contributed by atoms with E-state index in [0.29, 0.717) is 24.4 Å². The zero-order valence-corrected chi connectivity index (χ0v) is 18.6. The Labute approximate surface area is 181 Å². The van der Waals surface area contributed by atoms with Gasteiger partial charge in [0.25, 0.3) is 0 Å². The van der Waals surface area contributed by atoms with Crippen molar-refractivity contribution in [1.29, 1.82) is 0 Å². The van der Waals surface area contributed by atoms with Crippen LogP contribution < -0.4 is 4.74 Å². The van der Waals surface area contributed by atoms with Gasteiger partial charge in [0, 0.05) is 24.5 Å². The molecule has 2 aromatic carbocycles. The molecule has 2 atom stereocenters. The van der Waals surface area contributed by atoms with E-state index < -0.39 is 0 Å². The number of piperidine rings is 1. The number of hydrogen-bond donors (Lipinski definition) is 0. The lowest BCUT2D eigenvalue weighted by Gasteiger charge is -2.39. The lowest BCUT2D eigenvalue weighted by molar-refractivity contribution is -0.134. The molecular weight excluding hydrogens is 396 g/mol. The summed E-state index contributed by atoms with van der Waals surface area (Å²) in [4.78, 5) is 14.8. The van der Waals surface area contributed by atoms with E-state index in [1.54, 1.807) is 0 Å². The van der Waals surface area contributed by atoms with Crippen molar-refractivity contribution in [3.8, 4) is 5.75 Å². The number of aromatic nitrogens is 3. The molecule has 0 N–H and O–H groups in total. The van der Waals surface area contributed by atoms with Gasteiger partial charge in [0.05, 0.1) is 5.75 Å². The van der Waals surface area contributed by atoms with Crippen molar-refractivity contribution in [3.63, 3.8) is 0 Å². The van der Waals surface area contributed by atoms with Gasteiger partial charge in [0.2, 0.25) is 5.91 Å². The molecule has 30 heavy (non-hydrogen) atoms. The Morgan fingerprint density at radius 3 is 2.63 bits per heavy atom. The zero-order valence-electron chi connectivity index (χ0n) is 17.7. The smallest absolute Gasteiger partial charge is 0.233 e. The molecule has 2 heterocycles. The number of nitrogens with zero attached hydrogens (tertiary/aromatic N) is 4. The van der Waals surface area contributed by atoms with Gasteiger partial charge in [-0.3, -0.25) is 4.79 Å². The van der Waals surface area contributed by atoms with Gasteiger partial charge in [0.1, 0.15) is 12.4 Å². The topological polar surface area (TPSA) is 60.3 Å². The summed E-state index contributed by atoms with van der Waals surface area (Å²) in [5.41, 5.74) is 0. The van der Waals surface area contributed by atoms with E-state index in [-0.39, 0.29) is 5.91 Å². The number of thioether (sulfide) groups is 1. The third-order valence-corrected chi connectivity index (χ3v) is 6.84. The summed E-state index contributed by atoms with van der Waals surface area (Å²) < 4.78 is 7.95. The summed E-state index contributed by atoms with van der Waals surface area (Å²) in [6.07, 6.45) is 3.36. The van der Waals surface area contributed by atoms with Crippen LogP contribution in [0.15, 0.2) is 47.6 Å². The van der Waals surface area contributed by atoms with E-state index in [4.69, 9.17) is 4.74 Å². The summed E-state index contributed by atoms with van der Waals surface area (Å²) in [5.74, 6) is 2.12. The highest BCUT2D eigenvalue weighted by Gasteiger charge is 2.29. The minimum atomic E-state index is 0.177. The molecule has 0 saturated carbocycles. The second-order valence-electron chi connectivity index (χ2n) is 7.94. The average Bonchev–Trinajstić information content (AvgIpc) is 3.10. The summed E-state index contributed by atoms with van der Waals surface area (Å²) >= 11 is 1.44. The van der Waals surface area contributed by atoms with Gasteiger partial charge in [-0.15, -0.1) is 10.2 Å². The molecule has 0 aliphatic carbocycles. The van der Waals surface area contributed by atoms with Crippen LogP contribution in [-0.2, 0) is 18.4 Å². The van der Waals surface area contributed by atoms with Gasteiger partial charge in [-0.25, -0.2) is 0 Å². The van der Waals surface area contributed by atoms with E-state index in [0.717, 1.165) is 40.3 Å². The fraction of sp³-hybridized carbons (Fsp3) is 0.435. The summed E-state index contributed by atoms with van der Waals surface area (Å²) in [5, 5.41) is 11.5. The molecule has 1 aliphatic rings. The molecule has 0 radical (unpaired) electrons. The number of carbonyl (C=O) groups is 1. The molecule has 1 amide bonds. The van der Waals surface area contributed by atoms with Gasteiger partial charge in [-0.05, 0) is 44.6 Å². The van der Waals surface area contributed by atoms with Crippen molar-refractivity contribution in [2.24, 2.45) is 7.05 Å². The van der Waals surface area contributed by atoms with Crippen molar-refractivity contribution < 1.29 is 9.53 Å². The molecule has 4 rings (SSSR count). The van der Waals surface area contributed by atoms with Crippen LogP contribution >= 0.6 is 11.8 Å². The number of benzene rings is 2. The number of rotatable bonds is 6. The minimum absolute atomic E-state index is 0.177. The number of likely N-dealkylation sites (tertiary alicyclic amines) is 1. The van der Waals surface area contributed by atoms with Crippen molar-refractivity contribution in [2.75, 3.05) is 5.75 Å². The van der Waals surface area contributed by atoms with E-state index in [1.165, 1.54) is 18.2 Å². The molecule has 7 heteroatoms. The van der Waals surface area contributed by atoms with E-state index in [1.807, 2.05) is 40.8 Å². The summed E-state index contributed by atoms with van der Waals surface area (Å²) in [6.45, 7) is 4.61. The molecule has 1 fully saturated rings. The van der Waals surface area contributed by atoms with Gasteiger partial charge < -0.3 is 14.2 Å². The molecule has 0 unspecified atom stereocenters. The maximum atomic E-state index is 12.8. The van der Waals surface area contributed by atoms with Crippen LogP contribution in [0.1, 0.15) is 38.9 Å². The lowest BCUT2D eigenvalue weighted by atomic mass is 9.98. The number of ether oxygens (including phenoxy) is 1. The largest absolute Gasteiger partial charge is 0.485 e. The molecule has 0 spiro atoms. The number of hydrogen-bond acceptors (Lipinski definition) is 5. The second-order valence-corrected chi connectivity index (χ2v) is 8.88. The standard InChI is InChI=1S/C23H28N4O2S/c1-16-8-6-9-17(2)27(16)22(28)15-30-23-25-24-21(26(23)3)14-29-20-13-7-11-18-10-4-5-12-19(18)20/h4-5,7,10-13,16-17H,6,8-9,14-15H2,1-3H3/t16-,17-/m0/s1. The highest BCUT2D eigenvalue weighted by atomic mass is 32.2. The Bertz CT molecular complexity index is 1020. The summed E-state index contributed by atoms with van der Waals surface area (Å²) in [6, 6.07) is 14.8. The molecule has 1 aliphatic heterocycles. The van der Waals surface area contributed by atoms with Crippen molar-refractivity contribution >= 4 is 28.4 Å². The molecule has 158 valence electrons. The van der Waals surface area contributed by atoms with Crippen LogP contribution in [-0.4, -0.2) is 43.4 Å². The quantitative estimate of drug-likeness (QED) is 0.548. The van der Waals surface area contributed by atoms with E-state index in [9.17, 15) is 4.79 Å². The van der Waals surface area contributed by atoms with Gasteiger partial charge in [-0.2, -0.15) is 0 Å². The highest BCUT2D eigenvalue weighted by molar-refractivity contribution is 7.99. The lowest BCUT2D eigenvalue weighted by Crippen LogP contribution is -2.48. The van der Waals surface area contributed by atoms with Crippen LogP contribution in [0.25, 0.3) is 10.8 Å². The third kappa shape index (κ3) is 4.31. The second kappa shape index (κ2) is 9.08. The minimum Gasteiger partial charge on any atom is -0.485 e. The Kier molecular flexibility index (Phi) is 6.27. The van der Waals surface area contributed by atoms with Crippen LogP contribution in [0, 0.1) is 0 Å². The highest BCUT2D eigenvalue weighted by Crippen LogP contribution is 2.27. The van der Waals surface area contributed by atoms with Crippen LogP contribution in [0.2, 0.25) is 0 Å². The molecule has 6 nitrogen and oxygen atoms in total. The Morgan fingerprint density at radius 2 is 1.83 bits per heavy atom. The first-order valence-electron chi connectivity index (χ1n) is 10.5. The maximum Gasteiger partial charge on any atom is 0.233 e. The first-order chi connectivity index (χ1) is 14.5. The van der Waals surface area contributed by atoms with Gasteiger partial charge in [0.15, 0.2) is 11.0 Å². The number of fused-ring (bicyclic) bond motifs is 1. The summed E-state index contributed by atoms with van der Waals surface area (Å²) in [7, 11) is 1.92. The third-order valence-electron chi connectivity index (χ3n) is 5.84. The van der Waals surface area contributed by atoms with Crippen molar-refractivity contribution in [1.82, 2.24) is 19.7 Å². The van der Waals surface area contributed by atoms with Gasteiger partial charge >= 0.3 is 0 Å². The average molecular weight is 425 g/mol. The maximum absolute atomic E-state index is 12.8. The molecule has 0 bridgehead atoms. The Morgan fingerprint density at radius 1 is 1.10 bits per heavy atom. The first-order valence-corrected chi connectivity index (χ1v) is 11.5.